The van der Waals surface area contributed by atoms with Gasteiger partial charge in [0.05, 0.1) is 0 Å². The molecule has 0 aliphatic heterocycles. The fraction of sp³-hybridized carbons (Fsp3) is 0.818. The normalized spacial score (nSPS) is 41.6. The Morgan fingerprint density at radius 1 is 1.27 bits per heavy atom. The lowest BCUT2D eigenvalue weighted by Crippen LogP contribution is -2.36. The van der Waals surface area contributed by atoms with Crippen LogP contribution < -0.4 is 0 Å². The van der Waals surface area contributed by atoms with Crippen molar-refractivity contribution in [3.8, 4) is 0 Å². The summed E-state index contributed by atoms with van der Waals surface area (Å²) in [5, 5.41) is 0. The predicted molar refractivity (Wildman–Crippen MR) is 48.4 cm³/mol. The molecule has 2 atom stereocenters. The fourth-order valence-corrected chi connectivity index (χ4v) is 2.89. The molecule has 0 heterocycles. The van der Waals surface area contributed by atoms with Crippen LogP contribution in [0.4, 0.5) is 0 Å². The number of rotatable bonds is 1. The highest BCUT2D eigenvalue weighted by Crippen LogP contribution is 2.52. The Labute approximate surface area is 69.7 Å². The second-order valence-electron chi connectivity index (χ2n) is 4.32. The maximum Gasteiger partial charge on any atom is -0.0192 e. The van der Waals surface area contributed by atoms with Crippen molar-refractivity contribution in [2.75, 3.05) is 0 Å². The van der Waals surface area contributed by atoms with Gasteiger partial charge in [-0.25, -0.2) is 0 Å². The molecule has 0 spiro atoms. The first-order chi connectivity index (χ1) is 5.31. The molecule has 3 aliphatic carbocycles. The summed E-state index contributed by atoms with van der Waals surface area (Å²) in [5.74, 6) is 3.01. The zero-order chi connectivity index (χ0) is 7.84. The molecule has 2 bridgehead atoms. The molecule has 3 aliphatic rings. The summed E-state index contributed by atoms with van der Waals surface area (Å²) in [6, 6.07) is 0. The Hall–Kier alpha value is -0.260. The quantitative estimate of drug-likeness (QED) is 0.503. The first kappa shape index (κ1) is 7.39. The zero-order valence-corrected chi connectivity index (χ0v) is 7.64. The Morgan fingerprint density at radius 3 is 2.45 bits per heavy atom. The summed E-state index contributed by atoms with van der Waals surface area (Å²) < 4.78 is 0. The molecule has 0 radical (unpaired) electrons. The highest BCUT2D eigenvalue weighted by Gasteiger charge is 2.40. The van der Waals surface area contributed by atoms with Gasteiger partial charge in [-0.1, -0.05) is 25.5 Å². The Morgan fingerprint density at radius 2 is 1.91 bits per heavy atom. The van der Waals surface area contributed by atoms with E-state index in [4.69, 9.17) is 0 Å². The van der Waals surface area contributed by atoms with Crippen LogP contribution in [0.5, 0.6) is 0 Å². The van der Waals surface area contributed by atoms with Gasteiger partial charge in [0.15, 0.2) is 0 Å². The summed E-state index contributed by atoms with van der Waals surface area (Å²) in [7, 11) is 0. The van der Waals surface area contributed by atoms with Gasteiger partial charge in [0.25, 0.3) is 0 Å². The summed E-state index contributed by atoms with van der Waals surface area (Å²) in [4.78, 5) is 0. The van der Waals surface area contributed by atoms with E-state index in [0.29, 0.717) is 0 Å². The molecule has 0 aromatic rings. The molecule has 2 unspecified atom stereocenters. The first-order valence-corrected chi connectivity index (χ1v) is 5.01. The zero-order valence-electron chi connectivity index (χ0n) is 7.64. The third-order valence-electron chi connectivity index (χ3n) is 3.33. The molecule has 3 rings (SSSR count). The van der Waals surface area contributed by atoms with Crippen LogP contribution in [-0.2, 0) is 0 Å². The minimum atomic E-state index is 1.00. The van der Waals surface area contributed by atoms with Gasteiger partial charge in [-0.3, -0.25) is 0 Å². The van der Waals surface area contributed by atoms with Gasteiger partial charge in [-0.15, -0.1) is 0 Å². The second kappa shape index (κ2) is 2.66. The standard InChI is InChI=1S/C11H18/c1-3-4-11-9-5-8(2)6-10(11)7-9/h4,8-10H,3,5-7H2,1-2H3. The smallest absolute Gasteiger partial charge is 0.0192 e. The molecule has 3 fully saturated rings. The van der Waals surface area contributed by atoms with Crippen LogP contribution >= 0.6 is 0 Å². The minimum absolute atomic E-state index is 1.00. The molecule has 0 nitrogen and oxygen atoms in total. The summed E-state index contributed by atoms with van der Waals surface area (Å²) in [5.41, 5.74) is 1.81. The molecule has 62 valence electrons. The molecule has 11 heavy (non-hydrogen) atoms. The number of fused-ring (bicyclic) bond motifs is 2. The van der Waals surface area contributed by atoms with Crippen LogP contribution in [0.15, 0.2) is 11.6 Å². The Kier molecular flexibility index (Phi) is 1.78. The molecule has 0 aromatic carbocycles. The van der Waals surface area contributed by atoms with Crippen molar-refractivity contribution in [3.63, 3.8) is 0 Å². The average Bonchev–Trinajstić information content (AvgIpc) is 2.00. The Balaban J connectivity index is 2.04. The van der Waals surface area contributed by atoms with Gasteiger partial charge < -0.3 is 0 Å². The molecular weight excluding hydrogens is 132 g/mol. The fourth-order valence-electron chi connectivity index (χ4n) is 2.89. The summed E-state index contributed by atoms with van der Waals surface area (Å²) in [6.45, 7) is 4.66. The van der Waals surface area contributed by atoms with Crippen molar-refractivity contribution in [1.82, 2.24) is 0 Å². The van der Waals surface area contributed by atoms with Crippen LogP contribution in [0.25, 0.3) is 0 Å². The minimum Gasteiger partial charge on any atom is -0.0850 e. The van der Waals surface area contributed by atoms with Crippen molar-refractivity contribution in [1.29, 1.82) is 0 Å². The van der Waals surface area contributed by atoms with Crippen molar-refractivity contribution < 1.29 is 0 Å². The third kappa shape index (κ3) is 1.13. The van der Waals surface area contributed by atoms with E-state index in [9.17, 15) is 0 Å². The average molecular weight is 150 g/mol. The molecular formula is C11H18. The van der Waals surface area contributed by atoms with E-state index in [1.807, 2.05) is 5.57 Å². The highest BCUT2D eigenvalue weighted by atomic mass is 14.4. The maximum atomic E-state index is 2.48. The summed E-state index contributed by atoms with van der Waals surface area (Å²) in [6.07, 6.45) is 8.18. The number of hydrogen-bond donors (Lipinski definition) is 0. The highest BCUT2D eigenvalue weighted by molar-refractivity contribution is 5.22. The lowest BCUT2D eigenvalue weighted by molar-refractivity contribution is 0.160. The van der Waals surface area contributed by atoms with E-state index in [2.05, 4.69) is 19.9 Å². The van der Waals surface area contributed by atoms with E-state index >= 15 is 0 Å². The van der Waals surface area contributed by atoms with Gasteiger partial charge in [-0.05, 0) is 43.4 Å². The van der Waals surface area contributed by atoms with Crippen molar-refractivity contribution in [2.24, 2.45) is 17.8 Å². The van der Waals surface area contributed by atoms with Gasteiger partial charge >= 0.3 is 0 Å². The van der Waals surface area contributed by atoms with E-state index in [-0.39, 0.29) is 0 Å². The van der Waals surface area contributed by atoms with Crippen molar-refractivity contribution in [3.05, 3.63) is 11.6 Å². The Bertz CT molecular complexity index is 164. The number of allylic oxidation sites excluding steroid dienone is 2. The molecule has 0 amide bonds. The van der Waals surface area contributed by atoms with Gasteiger partial charge in [0.2, 0.25) is 0 Å². The monoisotopic (exact) mass is 150 g/mol. The topological polar surface area (TPSA) is 0 Å². The van der Waals surface area contributed by atoms with E-state index < -0.39 is 0 Å². The second-order valence-corrected chi connectivity index (χ2v) is 4.32. The van der Waals surface area contributed by atoms with Crippen LogP contribution in [0.2, 0.25) is 0 Å². The van der Waals surface area contributed by atoms with Crippen molar-refractivity contribution >= 4 is 0 Å². The predicted octanol–water partition coefficient (Wildman–Crippen LogP) is 3.39. The first-order valence-electron chi connectivity index (χ1n) is 5.01. The van der Waals surface area contributed by atoms with Crippen LogP contribution in [0.3, 0.4) is 0 Å². The number of hydrogen-bond acceptors (Lipinski definition) is 0. The molecule has 0 aromatic heterocycles. The van der Waals surface area contributed by atoms with Gasteiger partial charge in [0, 0.05) is 0 Å². The largest absolute Gasteiger partial charge is 0.0850 e. The SMILES string of the molecule is CCC=C1C2CC(C)CC1C2. The van der Waals surface area contributed by atoms with E-state index in [1.54, 1.807) is 0 Å². The third-order valence-corrected chi connectivity index (χ3v) is 3.33. The van der Waals surface area contributed by atoms with E-state index in [0.717, 1.165) is 17.8 Å². The van der Waals surface area contributed by atoms with E-state index in [1.165, 1.54) is 25.7 Å². The lowest BCUT2D eigenvalue weighted by Gasteiger charge is -2.47. The van der Waals surface area contributed by atoms with Gasteiger partial charge in [0.1, 0.15) is 0 Å². The molecule has 3 saturated carbocycles. The molecule has 0 N–H and O–H groups in total. The van der Waals surface area contributed by atoms with Crippen molar-refractivity contribution in [2.45, 2.75) is 39.5 Å². The molecule has 0 heteroatoms. The van der Waals surface area contributed by atoms with Gasteiger partial charge in [-0.2, -0.15) is 0 Å². The maximum absolute atomic E-state index is 2.48. The summed E-state index contributed by atoms with van der Waals surface area (Å²) >= 11 is 0. The molecule has 0 saturated heterocycles. The van der Waals surface area contributed by atoms with Crippen LogP contribution in [-0.4, -0.2) is 0 Å². The lowest BCUT2D eigenvalue weighted by atomic mass is 9.58. The van der Waals surface area contributed by atoms with Crippen LogP contribution in [0, 0.1) is 17.8 Å². The van der Waals surface area contributed by atoms with Crippen LogP contribution in [0.1, 0.15) is 39.5 Å².